The van der Waals surface area contributed by atoms with Gasteiger partial charge in [-0.1, -0.05) is 0 Å². The Kier molecular flexibility index (Phi) is 2.40. The Morgan fingerprint density at radius 3 is 2.00 bits per heavy atom. The minimum absolute atomic E-state index is 0.412. The van der Waals surface area contributed by atoms with Crippen LogP contribution in [0.25, 0.3) is 0 Å². The van der Waals surface area contributed by atoms with Crippen molar-refractivity contribution in [2.45, 2.75) is 13.1 Å². The molecule has 3 nitrogen and oxygen atoms in total. The van der Waals surface area contributed by atoms with E-state index in [4.69, 9.17) is 17.2 Å². The highest BCUT2D eigenvalue weighted by Crippen LogP contribution is 1.76. The van der Waals surface area contributed by atoms with Crippen molar-refractivity contribution in [3.8, 4) is 0 Å². The van der Waals surface area contributed by atoms with Crippen molar-refractivity contribution in [2.75, 3.05) is 0 Å². The molecule has 0 saturated carbocycles. The summed E-state index contributed by atoms with van der Waals surface area (Å²) in [5.41, 5.74) is 16.1. The average Bonchev–Trinajstić information content (AvgIpc) is 1.27. The van der Waals surface area contributed by atoms with Gasteiger partial charge in [-0.25, -0.2) is 0 Å². The minimum atomic E-state index is -0.412. The molecule has 0 heterocycles. The van der Waals surface area contributed by atoms with Gasteiger partial charge in [-0.05, 0) is 13.0 Å². The van der Waals surface area contributed by atoms with E-state index in [9.17, 15) is 0 Å². The highest BCUT2D eigenvalue weighted by Gasteiger charge is 1.82. The summed E-state index contributed by atoms with van der Waals surface area (Å²) in [7, 11) is 0. The maximum absolute atomic E-state index is 5.19. The van der Waals surface area contributed by atoms with E-state index < -0.39 is 6.17 Å². The summed E-state index contributed by atoms with van der Waals surface area (Å²) in [5, 5.41) is 0. The summed E-state index contributed by atoms with van der Waals surface area (Å²) < 4.78 is 0. The van der Waals surface area contributed by atoms with Crippen LogP contribution in [0.1, 0.15) is 6.92 Å². The maximum Gasteiger partial charge on any atom is 0.0732 e. The van der Waals surface area contributed by atoms with Crippen molar-refractivity contribution < 1.29 is 0 Å². The molecule has 7 heavy (non-hydrogen) atoms. The predicted octanol–water partition coefficient (Wildman–Crippen LogP) is -0.908. The lowest BCUT2D eigenvalue weighted by atomic mass is 10.4. The molecular formula is C4H11N3. The number of allylic oxidation sites excluding steroid dienone is 1. The van der Waals surface area contributed by atoms with Crippen LogP contribution in [0.3, 0.4) is 0 Å². The molecule has 0 aliphatic carbocycles. The molecule has 0 atom stereocenters. The van der Waals surface area contributed by atoms with Crippen molar-refractivity contribution in [2.24, 2.45) is 17.2 Å². The number of hydrogen-bond acceptors (Lipinski definition) is 3. The largest absolute Gasteiger partial charge is 0.402 e. The number of hydrogen-bond donors (Lipinski definition) is 3. The lowest BCUT2D eigenvalue weighted by molar-refractivity contribution is 0.863. The molecule has 3 heteroatoms. The molecule has 42 valence electrons. The summed E-state index contributed by atoms with van der Waals surface area (Å²) in [6.45, 7) is 1.74. The zero-order valence-corrected chi connectivity index (χ0v) is 4.39. The van der Waals surface area contributed by atoms with Gasteiger partial charge in [0, 0.05) is 5.70 Å². The summed E-state index contributed by atoms with van der Waals surface area (Å²) in [5.74, 6) is 0. The molecule has 0 aliphatic heterocycles. The Labute approximate surface area is 43.2 Å². The first-order valence-corrected chi connectivity index (χ1v) is 2.08. The van der Waals surface area contributed by atoms with E-state index in [0.717, 1.165) is 0 Å². The van der Waals surface area contributed by atoms with Crippen LogP contribution in [0, 0.1) is 0 Å². The van der Waals surface area contributed by atoms with Crippen LogP contribution in [0.4, 0.5) is 0 Å². The van der Waals surface area contributed by atoms with Crippen molar-refractivity contribution >= 4 is 0 Å². The zero-order valence-electron chi connectivity index (χ0n) is 4.39. The Morgan fingerprint density at radius 1 is 1.57 bits per heavy atom. The highest BCUT2D eigenvalue weighted by molar-refractivity contribution is 4.95. The zero-order chi connectivity index (χ0) is 5.86. The van der Waals surface area contributed by atoms with Crippen LogP contribution in [0.5, 0.6) is 0 Å². The molecule has 0 unspecified atom stereocenters. The molecule has 6 N–H and O–H groups in total. The van der Waals surface area contributed by atoms with Gasteiger partial charge >= 0.3 is 0 Å². The summed E-state index contributed by atoms with van der Waals surface area (Å²) >= 11 is 0. The van der Waals surface area contributed by atoms with Crippen molar-refractivity contribution in [1.29, 1.82) is 0 Å². The van der Waals surface area contributed by atoms with Gasteiger partial charge in [-0.3, -0.25) is 0 Å². The van der Waals surface area contributed by atoms with E-state index in [1.54, 1.807) is 13.0 Å². The highest BCUT2D eigenvalue weighted by atomic mass is 14.8. The second-order valence-corrected chi connectivity index (χ2v) is 1.49. The lowest BCUT2D eigenvalue weighted by Gasteiger charge is -1.94. The summed E-state index contributed by atoms with van der Waals surface area (Å²) in [6, 6.07) is 0. The predicted molar refractivity (Wildman–Crippen MR) is 30.1 cm³/mol. The fourth-order valence-electron chi connectivity index (χ4n) is 0.304. The molecule has 0 rings (SSSR count). The lowest BCUT2D eigenvalue weighted by Crippen LogP contribution is -2.28. The van der Waals surface area contributed by atoms with E-state index in [2.05, 4.69) is 0 Å². The topological polar surface area (TPSA) is 78.1 Å². The Morgan fingerprint density at radius 2 is 2.00 bits per heavy atom. The molecule has 0 aromatic rings. The Bertz CT molecular complexity index is 71.0. The molecule has 0 saturated heterocycles. The Hall–Kier alpha value is -0.540. The molecular weight excluding hydrogens is 90.1 g/mol. The molecule has 0 radical (unpaired) electrons. The summed E-state index contributed by atoms with van der Waals surface area (Å²) in [6.07, 6.45) is 1.17. The van der Waals surface area contributed by atoms with Gasteiger partial charge in [0.15, 0.2) is 0 Å². The molecule has 0 aromatic carbocycles. The fourth-order valence-corrected chi connectivity index (χ4v) is 0.304. The van der Waals surface area contributed by atoms with Gasteiger partial charge in [0.05, 0.1) is 6.17 Å². The fraction of sp³-hybridized carbons (Fsp3) is 0.500. The average molecular weight is 101 g/mol. The quantitative estimate of drug-likeness (QED) is 0.374. The first-order chi connectivity index (χ1) is 3.13. The van der Waals surface area contributed by atoms with Crippen molar-refractivity contribution in [3.63, 3.8) is 0 Å². The first kappa shape index (κ1) is 6.46. The number of nitrogens with two attached hydrogens (primary N) is 3. The second-order valence-electron chi connectivity index (χ2n) is 1.49. The van der Waals surface area contributed by atoms with Gasteiger partial charge in [-0.2, -0.15) is 0 Å². The van der Waals surface area contributed by atoms with Crippen LogP contribution >= 0.6 is 0 Å². The van der Waals surface area contributed by atoms with Crippen LogP contribution in [-0.4, -0.2) is 6.17 Å². The van der Waals surface area contributed by atoms with Crippen molar-refractivity contribution in [3.05, 3.63) is 11.8 Å². The van der Waals surface area contributed by atoms with Crippen LogP contribution in [0.2, 0.25) is 0 Å². The first-order valence-electron chi connectivity index (χ1n) is 2.08. The van der Waals surface area contributed by atoms with Crippen molar-refractivity contribution in [1.82, 2.24) is 0 Å². The van der Waals surface area contributed by atoms with E-state index in [1.165, 1.54) is 0 Å². The molecule has 0 aliphatic rings. The van der Waals surface area contributed by atoms with E-state index in [-0.39, 0.29) is 0 Å². The molecule has 0 amide bonds. The number of rotatable bonds is 1. The van der Waals surface area contributed by atoms with Gasteiger partial charge < -0.3 is 17.2 Å². The third kappa shape index (κ3) is 5.46. The van der Waals surface area contributed by atoms with Crippen LogP contribution in [-0.2, 0) is 0 Å². The van der Waals surface area contributed by atoms with Crippen LogP contribution in [0.15, 0.2) is 11.8 Å². The van der Waals surface area contributed by atoms with E-state index >= 15 is 0 Å². The van der Waals surface area contributed by atoms with Gasteiger partial charge in [0.1, 0.15) is 0 Å². The molecule has 0 bridgehead atoms. The van der Waals surface area contributed by atoms with Gasteiger partial charge in [0.2, 0.25) is 0 Å². The summed E-state index contributed by atoms with van der Waals surface area (Å²) in [4.78, 5) is 0. The van der Waals surface area contributed by atoms with E-state index in [1.807, 2.05) is 0 Å². The third-order valence-corrected chi connectivity index (χ3v) is 0.455. The maximum atomic E-state index is 5.19. The van der Waals surface area contributed by atoms with Gasteiger partial charge in [-0.15, -0.1) is 0 Å². The molecule has 0 spiro atoms. The molecule has 0 aromatic heterocycles. The molecule has 0 fully saturated rings. The third-order valence-electron chi connectivity index (χ3n) is 0.455. The second kappa shape index (κ2) is 2.60. The Balaban J connectivity index is 3.45. The standard InChI is InChI=1S/C4H11N3/c1-3(5)2-4(6)7/h2,4H,5-7H2,1H3/b3-2-. The monoisotopic (exact) mass is 101 g/mol. The SMILES string of the molecule is C/C(N)=C/C(N)N. The van der Waals surface area contributed by atoms with E-state index in [0.29, 0.717) is 5.70 Å². The normalized spacial score (nSPS) is 12.9. The smallest absolute Gasteiger partial charge is 0.0732 e. The van der Waals surface area contributed by atoms with Crippen LogP contribution < -0.4 is 17.2 Å². The van der Waals surface area contributed by atoms with Gasteiger partial charge in [0.25, 0.3) is 0 Å². The minimum Gasteiger partial charge on any atom is -0.402 e.